The summed E-state index contributed by atoms with van der Waals surface area (Å²) in [6, 6.07) is 0. The van der Waals surface area contributed by atoms with Crippen LogP contribution in [0.5, 0.6) is 0 Å². The number of carbonyl (C=O) groups is 2. The van der Waals surface area contributed by atoms with Gasteiger partial charge >= 0.3 is 0 Å². The van der Waals surface area contributed by atoms with Crippen molar-refractivity contribution in [2.75, 3.05) is 6.61 Å². The molecule has 0 N–H and O–H groups in total. The number of hydrogen-bond acceptors (Lipinski definition) is 3. The first-order valence-electron chi connectivity index (χ1n) is 14.0. The largest absolute Gasteiger partial charge is 0.365 e. The van der Waals surface area contributed by atoms with Gasteiger partial charge in [0.2, 0.25) is 5.12 Å². The van der Waals surface area contributed by atoms with E-state index in [1.54, 1.807) is 0 Å². The lowest BCUT2D eigenvalue weighted by Gasteiger charge is -2.47. The van der Waals surface area contributed by atoms with Crippen LogP contribution in [0.3, 0.4) is 0 Å². The van der Waals surface area contributed by atoms with Gasteiger partial charge in [-0.25, -0.2) is 0 Å². The van der Waals surface area contributed by atoms with Gasteiger partial charge in [0, 0.05) is 6.61 Å². The molecule has 1 atom stereocenters. The maximum absolute atomic E-state index is 13.4. The van der Waals surface area contributed by atoms with Gasteiger partial charge < -0.3 is 4.74 Å². The molecule has 0 aromatic heterocycles. The second-order valence-corrected chi connectivity index (χ2v) is 10.7. The maximum Gasteiger partial charge on any atom is 0.218 e. The highest BCUT2D eigenvalue weighted by molar-refractivity contribution is 7.97. The third-order valence-corrected chi connectivity index (χ3v) is 7.96. The van der Waals surface area contributed by atoms with Crippen molar-refractivity contribution >= 4 is 35.5 Å². The summed E-state index contributed by atoms with van der Waals surface area (Å²) in [5.74, 6) is 0. The molecule has 196 valence electrons. The van der Waals surface area contributed by atoms with E-state index < -0.39 is 11.0 Å². The van der Waals surface area contributed by atoms with Gasteiger partial charge in [0.1, 0.15) is 5.60 Å². The monoisotopic (exact) mass is 502 g/mol. The lowest BCUT2D eigenvalue weighted by Crippen LogP contribution is -2.58. The van der Waals surface area contributed by atoms with Crippen LogP contribution in [-0.4, -0.2) is 22.4 Å². The third kappa shape index (κ3) is 11.5. The van der Waals surface area contributed by atoms with E-state index in [4.69, 9.17) is 4.74 Å². The molecular weight excluding hydrogens is 448 g/mol. The summed E-state index contributed by atoms with van der Waals surface area (Å²) in [4.78, 5) is 26.7. The first-order chi connectivity index (χ1) is 15.9. The van der Waals surface area contributed by atoms with Crippen molar-refractivity contribution in [3.63, 3.8) is 0 Å². The molecule has 33 heavy (non-hydrogen) atoms. The van der Waals surface area contributed by atoms with E-state index in [9.17, 15) is 9.59 Å². The maximum atomic E-state index is 13.4. The predicted octanol–water partition coefficient (Wildman–Crippen LogP) is 9.13. The van der Waals surface area contributed by atoms with E-state index in [1.165, 1.54) is 0 Å². The van der Waals surface area contributed by atoms with Crippen molar-refractivity contribution in [3.8, 4) is 0 Å². The molecular formula is C28H54O3S2. The Balaban J connectivity index is 6.07. The van der Waals surface area contributed by atoms with Crippen molar-refractivity contribution in [2.45, 2.75) is 155 Å². The standard InChI is InChI=1S/C28H54O3S2/c1-5-9-13-17-21-27(25(29)32,22-18-14-10-6-2)28(26(30)33,23-19-15-11-7-3)31-24-20-16-12-8-4/h5-24H2,1-4H3,(H,29,32)(H,30,33). The van der Waals surface area contributed by atoms with Gasteiger partial charge in [0.05, 0.1) is 5.41 Å². The van der Waals surface area contributed by atoms with Crippen LogP contribution in [0, 0.1) is 5.41 Å². The van der Waals surface area contributed by atoms with Crippen LogP contribution in [-0.2, 0) is 14.3 Å². The minimum Gasteiger partial charge on any atom is -0.365 e. The van der Waals surface area contributed by atoms with Crippen LogP contribution >= 0.6 is 25.3 Å². The average molecular weight is 503 g/mol. The summed E-state index contributed by atoms with van der Waals surface area (Å²) in [5, 5.41) is -0.454. The van der Waals surface area contributed by atoms with E-state index in [0.717, 1.165) is 103 Å². The number of rotatable bonds is 24. The SMILES string of the molecule is CCCCCCOC(CCCCCC)(C(=O)S)C(CCCCCC)(CCCCCC)C(=O)S. The second-order valence-electron chi connectivity index (χ2n) is 9.86. The fourth-order valence-corrected chi connectivity index (χ4v) is 5.82. The first-order valence-corrected chi connectivity index (χ1v) is 14.9. The van der Waals surface area contributed by atoms with E-state index in [-0.39, 0.29) is 10.2 Å². The second kappa shape index (κ2) is 20.2. The molecule has 0 heterocycles. The summed E-state index contributed by atoms with van der Waals surface area (Å²) >= 11 is 8.87. The lowest BCUT2D eigenvalue weighted by molar-refractivity contribution is -0.171. The minimum atomic E-state index is -1.17. The molecule has 0 fully saturated rings. The molecule has 0 aromatic carbocycles. The Morgan fingerprint density at radius 3 is 1.30 bits per heavy atom. The van der Waals surface area contributed by atoms with Crippen LogP contribution < -0.4 is 0 Å². The molecule has 0 radical (unpaired) electrons. The summed E-state index contributed by atoms with van der Waals surface area (Å²) in [6.07, 6.45) is 18.9. The van der Waals surface area contributed by atoms with E-state index >= 15 is 0 Å². The first kappa shape index (κ1) is 33.0. The number of unbranched alkanes of at least 4 members (excludes halogenated alkanes) is 12. The van der Waals surface area contributed by atoms with Crippen LogP contribution in [0.2, 0.25) is 0 Å². The molecule has 0 amide bonds. The zero-order valence-corrected chi connectivity index (χ0v) is 24.1. The highest BCUT2D eigenvalue weighted by Gasteiger charge is 2.58. The highest BCUT2D eigenvalue weighted by Crippen LogP contribution is 2.50. The average Bonchev–Trinajstić information content (AvgIpc) is 2.79. The van der Waals surface area contributed by atoms with E-state index in [1.807, 2.05) is 0 Å². The van der Waals surface area contributed by atoms with Gasteiger partial charge in [0.25, 0.3) is 0 Å². The van der Waals surface area contributed by atoms with Crippen LogP contribution in [0.25, 0.3) is 0 Å². The molecule has 5 heteroatoms. The Hall–Kier alpha value is -0.0000000000000000555. The Morgan fingerprint density at radius 1 is 0.545 bits per heavy atom. The lowest BCUT2D eigenvalue weighted by atomic mass is 9.64. The summed E-state index contributed by atoms with van der Waals surface area (Å²) in [7, 11) is 0. The molecule has 0 saturated carbocycles. The minimum absolute atomic E-state index is 0.179. The molecule has 3 nitrogen and oxygen atoms in total. The number of thiol groups is 2. The Kier molecular flexibility index (Phi) is 20.2. The molecule has 0 aromatic rings. The van der Waals surface area contributed by atoms with Gasteiger partial charge in [-0.2, -0.15) is 0 Å². The number of ether oxygens (including phenoxy) is 1. The van der Waals surface area contributed by atoms with Crippen LogP contribution in [0.15, 0.2) is 0 Å². The molecule has 0 bridgehead atoms. The zero-order valence-electron chi connectivity index (χ0n) is 22.3. The molecule has 0 aliphatic heterocycles. The molecule has 0 rings (SSSR count). The van der Waals surface area contributed by atoms with Crippen molar-refractivity contribution in [3.05, 3.63) is 0 Å². The fraction of sp³-hybridized carbons (Fsp3) is 0.929. The third-order valence-electron chi connectivity index (χ3n) is 7.17. The Morgan fingerprint density at radius 2 is 0.939 bits per heavy atom. The van der Waals surface area contributed by atoms with Crippen LogP contribution in [0.4, 0.5) is 0 Å². The van der Waals surface area contributed by atoms with Gasteiger partial charge in [0.15, 0.2) is 5.12 Å². The number of hydrogen-bond donors (Lipinski definition) is 2. The summed E-state index contributed by atoms with van der Waals surface area (Å²) < 4.78 is 6.56. The molecule has 0 aliphatic rings. The number of carbonyl (C=O) groups excluding carboxylic acids is 2. The topological polar surface area (TPSA) is 43.4 Å². The van der Waals surface area contributed by atoms with Crippen LogP contribution in [0.1, 0.15) is 150 Å². The van der Waals surface area contributed by atoms with Gasteiger partial charge in [-0.15, -0.1) is 25.3 Å². The van der Waals surface area contributed by atoms with E-state index in [2.05, 4.69) is 53.0 Å². The van der Waals surface area contributed by atoms with Crippen molar-refractivity contribution in [1.82, 2.24) is 0 Å². The van der Waals surface area contributed by atoms with E-state index in [0.29, 0.717) is 25.9 Å². The molecule has 1 unspecified atom stereocenters. The highest BCUT2D eigenvalue weighted by atomic mass is 32.1. The zero-order chi connectivity index (χ0) is 25.0. The van der Waals surface area contributed by atoms with Crippen molar-refractivity contribution < 1.29 is 14.3 Å². The molecule has 0 saturated heterocycles. The van der Waals surface area contributed by atoms with Gasteiger partial charge in [-0.05, 0) is 25.7 Å². The molecule has 0 spiro atoms. The van der Waals surface area contributed by atoms with Gasteiger partial charge in [-0.1, -0.05) is 124 Å². The smallest absolute Gasteiger partial charge is 0.218 e. The Labute approximate surface area is 216 Å². The summed E-state index contributed by atoms with van der Waals surface area (Å²) in [5.41, 5.74) is -2.07. The van der Waals surface area contributed by atoms with Gasteiger partial charge in [-0.3, -0.25) is 9.59 Å². The quantitative estimate of drug-likeness (QED) is 0.102. The van der Waals surface area contributed by atoms with Crippen molar-refractivity contribution in [2.24, 2.45) is 5.41 Å². The summed E-state index contributed by atoms with van der Waals surface area (Å²) in [6.45, 7) is 9.26. The van der Waals surface area contributed by atoms with Crippen molar-refractivity contribution in [1.29, 1.82) is 0 Å². The molecule has 0 aliphatic carbocycles. The Bertz CT molecular complexity index is 497. The predicted molar refractivity (Wildman–Crippen MR) is 150 cm³/mol. The normalized spacial score (nSPS) is 13.8. The fourth-order valence-electron chi connectivity index (χ4n) is 5.02.